The molecule has 1 fully saturated rings. The van der Waals surface area contributed by atoms with Crippen LogP contribution in [0.1, 0.15) is 25.7 Å². The molecule has 1 heterocycles. The van der Waals surface area contributed by atoms with Crippen LogP contribution in [0.3, 0.4) is 0 Å². The van der Waals surface area contributed by atoms with Crippen LogP contribution in [0.2, 0.25) is 0 Å². The first-order valence-electron chi connectivity index (χ1n) is 5.26. The van der Waals surface area contributed by atoms with Crippen molar-refractivity contribution in [2.45, 2.75) is 25.7 Å². The van der Waals surface area contributed by atoms with Crippen molar-refractivity contribution >= 4 is 22.9 Å². The number of nitrogens with one attached hydrogen (secondary N) is 1. The molecular weight excluding hydrogens is 208 g/mol. The summed E-state index contributed by atoms with van der Waals surface area (Å²) in [4.78, 5) is 11.7. The maximum Gasteiger partial charge on any atom is 0.225 e. The number of thiophene rings is 1. The molecule has 0 aromatic carbocycles. The molecule has 0 aliphatic heterocycles. The van der Waals surface area contributed by atoms with E-state index in [4.69, 9.17) is 5.73 Å². The van der Waals surface area contributed by atoms with Crippen molar-refractivity contribution in [3.05, 3.63) is 16.8 Å². The fourth-order valence-electron chi connectivity index (χ4n) is 2.01. The SMILES string of the molecule is NCC1(CC(=O)Nc2ccsc2)CCC1. The number of anilines is 1. The Morgan fingerprint density at radius 1 is 1.60 bits per heavy atom. The Labute approximate surface area is 93.7 Å². The Kier molecular flexibility index (Phi) is 3.07. The van der Waals surface area contributed by atoms with E-state index in [0.717, 1.165) is 18.5 Å². The van der Waals surface area contributed by atoms with E-state index >= 15 is 0 Å². The number of nitrogens with two attached hydrogens (primary N) is 1. The molecule has 0 unspecified atom stereocenters. The molecule has 0 atom stereocenters. The van der Waals surface area contributed by atoms with E-state index in [1.165, 1.54) is 6.42 Å². The molecule has 1 saturated carbocycles. The zero-order valence-corrected chi connectivity index (χ0v) is 9.48. The Hall–Kier alpha value is -0.870. The normalized spacial score (nSPS) is 18.2. The van der Waals surface area contributed by atoms with Crippen LogP contribution >= 0.6 is 11.3 Å². The lowest BCUT2D eigenvalue weighted by atomic mass is 9.66. The van der Waals surface area contributed by atoms with Crippen molar-refractivity contribution in [2.75, 3.05) is 11.9 Å². The minimum atomic E-state index is 0.0959. The lowest BCUT2D eigenvalue weighted by molar-refractivity contribution is -0.119. The molecule has 82 valence electrons. The summed E-state index contributed by atoms with van der Waals surface area (Å²) < 4.78 is 0. The molecule has 3 nitrogen and oxygen atoms in total. The topological polar surface area (TPSA) is 55.1 Å². The fraction of sp³-hybridized carbons (Fsp3) is 0.545. The lowest BCUT2D eigenvalue weighted by Gasteiger charge is -2.40. The number of rotatable bonds is 4. The van der Waals surface area contributed by atoms with Crippen molar-refractivity contribution in [3.63, 3.8) is 0 Å². The molecule has 0 bridgehead atoms. The van der Waals surface area contributed by atoms with E-state index in [9.17, 15) is 4.79 Å². The van der Waals surface area contributed by atoms with Crippen molar-refractivity contribution in [1.82, 2.24) is 0 Å². The summed E-state index contributed by atoms with van der Waals surface area (Å²) >= 11 is 1.59. The highest BCUT2D eigenvalue weighted by molar-refractivity contribution is 7.08. The fourth-order valence-corrected chi connectivity index (χ4v) is 2.60. The highest BCUT2D eigenvalue weighted by Crippen LogP contribution is 2.43. The van der Waals surface area contributed by atoms with E-state index in [0.29, 0.717) is 13.0 Å². The maximum absolute atomic E-state index is 11.7. The van der Waals surface area contributed by atoms with E-state index in [1.54, 1.807) is 11.3 Å². The average Bonchev–Trinajstić information content (AvgIpc) is 2.64. The first-order chi connectivity index (χ1) is 7.24. The smallest absolute Gasteiger partial charge is 0.225 e. The van der Waals surface area contributed by atoms with Crippen LogP contribution in [0.4, 0.5) is 5.69 Å². The van der Waals surface area contributed by atoms with Crippen LogP contribution in [0, 0.1) is 5.41 Å². The first-order valence-corrected chi connectivity index (χ1v) is 6.21. The Bertz CT molecular complexity index is 325. The Morgan fingerprint density at radius 3 is 2.87 bits per heavy atom. The van der Waals surface area contributed by atoms with Crippen LogP contribution in [-0.2, 0) is 4.79 Å². The molecule has 15 heavy (non-hydrogen) atoms. The first kappa shape index (κ1) is 10.6. The highest BCUT2D eigenvalue weighted by atomic mass is 32.1. The summed E-state index contributed by atoms with van der Waals surface area (Å²) in [6.45, 7) is 0.629. The molecule has 1 amide bonds. The van der Waals surface area contributed by atoms with Gasteiger partial charge < -0.3 is 11.1 Å². The zero-order valence-electron chi connectivity index (χ0n) is 8.66. The largest absolute Gasteiger partial charge is 0.330 e. The van der Waals surface area contributed by atoms with E-state index in [-0.39, 0.29) is 11.3 Å². The molecule has 2 rings (SSSR count). The second kappa shape index (κ2) is 4.33. The predicted octanol–water partition coefficient (Wildman–Crippen LogP) is 2.21. The maximum atomic E-state index is 11.7. The van der Waals surface area contributed by atoms with Crippen molar-refractivity contribution in [3.8, 4) is 0 Å². The lowest BCUT2D eigenvalue weighted by Crippen LogP contribution is -2.40. The number of amides is 1. The summed E-state index contributed by atoms with van der Waals surface area (Å²) in [5.41, 5.74) is 6.71. The summed E-state index contributed by atoms with van der Waals surface area (Å²) in [7, 11) is 0. The molecule has 4 heteroatoms. The van der Waals surface area contributed by atoms with Gasteiger partial charge in [-0.25, -0.2) is 0 Å². The van der Waals surface area contributed by atoms with Gasteiger partial charge in [-0.15, -0.1) is 0 Å². The monoisotopic (exact) mass is 224 g/mol. The van der Waals surface area contributed by atoms with Gasteiger partial charge in [0.1, 0.15) is 0 Å². The van der Waals surface area contributed by atoms with Gasteiger partial charge in [0.25, 0.3) is 0 Å². The van der Waals surface area contributed by atoms with Gasteiger partial charge in [0, 0.05) is 11.8 Å². The van der Waals surface area contributed by atoms with Crippen LogP contribution in [0.5, 0.6) is 0 Å². The minimum Gasteiger partial charge on any atom is -0.330 e. The molecule has 1 aliphatic carbocycles. The number of hydrogen-bond donors (Lipinski definition) is 2. The van der Waals surface area contributed by atoms with E-state index < -0.39 is 0 Å². The van der Waals surface area contributed by atoms with Crippen molar-refractivity contribution in [2.24, 2.45) is 11.1 Å². The predicted molar refractivity (Wildman–Crippen MR) is 62.9 cm³/mol. The molecule has 1 aromatic heterocycles. The van der Waals surface area contributed by atoms with Gasteiger partial charge in [0.05, 0.1) is 5.69 Å². The summed E-state index contributed by atoms with van der Waals surface area (Å²) in [5.74, 6) is 0.0959. The van der Waals surface area contributed by atoms with Gasteiger partial charge in [-0.2, -0.15) is 11.3 Å². The van der Waals surface area contributed by atoms with Gasteiger partial charge in [-0.1, -0.05) is 6.42 Å². The van der Waals surface area contributed by atoms with Crippen molar-refractivity contribution < 1.29 is 4.79 Å². The number of hydrogen-bond acceptors (Lipinski definition) is 3. The average molecular weight is 224 g/mol. The molecule has 1 aliphatic rings. The molecule has 3 N–H and O–H groups in total. The Balaban J connectivity index is 1.87. The standard InChI is InChI=1S/C11H16N2OS/c12-8-11(3-1-4-11)6-10(14)13-9-2-5-15-7-9/h2,5,7H,1,3-4,6,8,12H2,(H,13,14). The van der Waals surface area contributed by atoms with Gasteiger partial charge in [-0.3, -0.25) is 4.79 Å². The molecule has 1 aromatic rings. The zero-order chi connectivity index (χ0) is 10.7. The summed E-state index contributed by atoms with van der Waals surface area (Å²) in [5, 5.41) is 6.79. The van der Waals surface area contributed by atoms with Gasteiger partial charge in [-0.05, 0) is 36.2 Å². The second-order valence-electron chi connectivity index (χ2n) is 4.29. The number of carbonyl (C=O) groups excluding carboxylic acids is 1. The van der Waals surface area contributed by atoms with Gasteiger partial charge in [0.15, 0.2) is 0 Å². The van der Waals surface area contributed by atoms with Gasteiger partial charge >= 0.3 is 0 Å². The quantitative estimate of drug-likeness (QED) is 0.823. The van der Waals surface area contributed by atoms with Crippen LogP contribution in [0.15, 0.2) is 16.8 Å². The molecule has 0 radical (unpaired) electrons. The van der Waals surface area contributed by atoms with E-state index in [1.807, 2.05) is 16.8 Å². The van der Waals surface area contributed by atoms with Crippen LogP contribution in [-0.4, -0.2) is 12.5 Å². The molecule has 0 saturated heterocycles. The molecular formula is C11H16N2OS. The van der Waals surface area contributed by atoms with Crippen LogP contribution in [0.25, 0.3) is 0 Å². The van der Waals surface area contributed by atoms with Crippen molar-refractivity contribution in [1.29, 1.82) is 0 Å². The minimum absolute atomic E-state index is 0.0959. The third-order valence-electron chi connectivity index (χ3n) is 3.19. The second-order valence-corrected chi connectivity index (χ2v) is 5.07. The third-order valence-corrected chi connectivity index (χ3v) is 3.87. The van der Waals surface area contributed by atoms with Crippen LogP contribution < -0.4 is 11.1 Å². The Morgan fingerprint density at radius 2 is 2.40 bits per heavy atom. The molecule has 0 spiro atoms. The van der Waals surface area contributed by atoms with Gasteiger partial charge in [0.2, 0.25) is 5.91 Å². The highest BCUT2D eigenvalue weighted by Gasteiger charge is 2.37. The third kappa shape index (κ3) is 2.38. The van der Waals surface area contributed by atoms with E-state index in [2.05, 4.69) is 5.32 Å². The summed E-state index contributed by atoms with van der Waals surface area (Å²) in [6, 6.07) is 1.92. The summed E-state index contributed by atoms with van der Waals surface area (Å²) in [6.07, 6.45) is 3.98. The number of carbonyl (C=O) groups is 1.